The van der Waals surface area contributed by atoms with Gasteiger partial charge in [-0.2, -0.15) is 0 Å². The van der Waals surface area contributed by atoms with Crippen LogP contribution in [0.4, 0.5) is 0 Å². The monoisotopic (exact) mass is 714 g/mol. The summed E-state index contributed by atoms with van der Waals surface area (Å²) in [5.41, 5.74) is 35.5. The third-order valence-electron chi connectivity index (χ3n) is 10.3. The van der Waals surface area contributed by atoms with Gasteiger partial charge in [0.05, 0.1) is 29.7 Å². The Morgan fingerprint density at radius 3 is 2.13 bits per heavy atom. The number of amides is 2. The molecule has 14 heteroatoms. The number of aliphatic imine (C=N–C) groups is 2. The first kappa shape index (κ1) is 38.9. The van der Waals surface area contributed by atoms with Crippen LogP contribution in [0.1, 0.15) is 66.8 Å². The van der Waals surface area contributed by atoms with Crippen LogP contribution in [0.15, 0.2) is 32.5 Å². The summed E-state index contributed by atoms with van der Waals surface area (Å²) < 4.78 is 0. The first-order chi connectivity index (χ1) is 25.1. The van der Waals surface area contributed by atoms with Crippen molar-refractivity contribution in [3.63, 3.8) is 0 Å². The van der Waals surface area contributed by atoms with Crippen molar-refractivity contribution in [3.8, 4) is 0 Å². The molecular formula is C38H58N12O2. The lowest BCUT2D eigenvalue weighted by Gasteiger charge is -2.19. The van der Waals surface area contributed by atoms with E-state index >= 15 is 0 Å². The normalized spacial score (nSPS) is 19.2. The molecule has 8 bridgehead atoms. The number of carbonyl (C=O) groups excluding carboxylic acids is 2. The minimum absolute atomic E-state index is 0.00353. The lowest BCUT2D eigenvalue weighted by atomic mass is 9.98. The van der Waals surface area contributed by atoms with Gasteiger partial charge in [0.2, 0.25) is 11.8 Å². The van der Waals surface area contributed by atoms with E-state index in [4.69, 9.17) is 32.9 Å². The summed E-state index contributed by atoms with van der Waals surface area (Å²) in [6.45, 7) is 12.3. The Kier molecular flexibility index (Phi) is 13.4. The van der Waals surface area contributed by atoms with E-state index in [0.29, 0.717) is 90.9 Å². The molecule has 0 aromatic carbocycles. The van der Waals surface area contributed by atoms with Gasteiger partial charge in [-0.25, -0.2) is 0 Å². The van der Waals surface area contributed by atoms with Crippen LogP contribution < -0.4 is 54.9 Å². The van der Waals surface area contributed by atoms with Crippen LogP contribution in [-0.4, -0.2) is 97.6 Å². The number of hydrogen-bond acceptors (Lipinski definition) is 10. The minimum Gasteiger partial charge on any atom is -0.386 e. The van der Waals surface area contributed by atoms with Gasteiger partial charge in [-0.1, -0.05) is 0 Å². The Balaban J connectivity index is 1.70. The highest BCUT2D eigenvalue weighted by Gasteiger charge is 2.34. The summed E-state index contributed by atoms with van der Waals surface area (Å²) in [6.07, 6.45) is 7.33. The van der Waals surface area contributed by atoms with Gasteiger partial charge in [0.25, 0.3) is 0 Å². The molecule has 52 heavy (non-hydrogen) atoms. The molecule has 0 radical (unpaired) electrons. The zero-order valence-corrected chi connectivity index (χ0v) is 31.2. The van der Waals surface area contributed by atoms with E-state index in [1.54, 1.807) is 0 Å². The highest BCUT2D eigenvalue weighted by molar-refractivity contribution is 6.50. The largest absolute Gasteiger partial charge is 0.386 e. The van der Waals surface area contributed by atoms with E-state index in [1.165, 1.54) is 5.57 Å². The standard InChI is InChI=1S/C38H58N12O2/c1-21-25(5-7-35(51)43-13-9-39)31-20-32-26(6-8-36(52)44-14-10-40)22(2)28(48-32)18-33-38(46-16-12-42)24(4)30(50-33)19-34-37(45-15-11-41)23(3)29(49-34)17-27(21)47-31/h17,20,30,33,46-48,50H,5-16,18-19,39-42H2,1-4H3,(H,43,51)(H,44,52)/t30-,33+/m0/s1. The van der Waals surface area contributed by atoms with E-state index < -0.39 is 0 Å². The molecule has 5 rings (SSSR count). The molecule has 282 valence electrons. The van der Waals surface area contributed by atoms with E-state index in [2.05, 4.69) is 71.1 Å². The third kappa shape index (κ3) is 8.81. The van der Waals surface area contributed by atoms with Crippen LogP contribution in [-0.2, 0) is 28.9 Å². The molecule has 0 fully saturated rings. The number of nitrogens with one attached hydrogen (secondary N) is 6. The lowest BCUT2D eigenvalue weighted by Crippen LogP contribution is -2.39. The molecule has 5 heterocycles. The number of allylic oxidation sites excluding steroid dienone is 2. The van der Waals surface area contributed by atoms with Gasteiger partial charge in [-0.3, -0.25) is 19.6 Å². The molecule has 3 aliphatic rings. The molecule has 0 saturated carbocycles. The zero-order valence-electron chi connectivity index (χ0n) is 31.2. The average Bonchev–Trinajstić information content (AvgIpc) is 3.79. The smallest absolute Gasteiger partial charge is 0.220 e. The molecule has 2 aromatic heterocycles. The second-order valence-corrected chi connectivity index (χ2v) is 13.8. The van der Waals surface area contributed by atoms with Gasteiger partial charge in [-0.05, 0) is 80.5 Å². The van der Waals surface area contributed by atoms with E-state index in [9.17, 15) is 9.59 Å². The topological polar surface area (TPSA) is 243 Å². The molecule has 0 aliphatic carbocycles. The predicted molar refractivity (Wildman–Crippen MR) is 209 cm³/mol. The van der Waals surface area contributed by atoms with Crippen molar-refractivity contribution in [2.75, 3.05) is 52.4 Å². The molecule has 2 atom stereocenters. The maximum absolute atomic E-state index is 12.8. The zero-order chi connectivity index (χ0) is 37.4. The minimum atomic E-state index is -0.0441. The van der Waals surface area contributed by atoms with Gasteiger partial charge in [0.15, 0.2) is 0 Å². The fourth-order valence-corrected chi connectivity index (χ4v) is 7.43. The number of hydrogen-bond donors (Lipinski definition) is 10. The Morgan fingerprint density at radius 1 is 0.808 bits per heavy atom. The van der Waals surface area contributed by atoms with Crippen molar-refractivity contribution in [2.45, 2.75) is 78.3 Å². The molecule has 0 unspecified atom stereocenters. The van der Waals surface area contributed by atoms with Crippen molar-refractivity contribution >= 4 is 35.4 Å². The van der Waals surface area contributed by atoms with Gasteiger partial charge in [0.1, 0.15) is 0 Å². The van der Waals surface area contributed by atoms with E-state index in [-0.39, 0.29) is 23.9 Å². The number of fused-ring (bicyclic) bond motifs is 7. The number of nitrogens with two attached hydrogens (primary N) is 4. The number of aromatic nitrogens is 2. The van der Waals surface area contributed by atoms with Crippen LogP contribution in [0.2, 0.25) is 0 Å². The van der Waals surface area contributed by atoms with Crippen molar-refractivity contribution in [1.82, 2.24) is 31.2 Å². The fourth-order valence-electron chi connectivity index (χ4n) is 7.43. The number of nitrogens with zero attached hydrogens (tertiary/aromatic N) is 2. The second kappa shape index (κ2) is 17.9. The fraction of sp³-hybridized carbons (Fsp3) is 0.526. The van der Waals surface area contributed by atoms with Crippen LogP contribution in [0.5, 0.6) is 0 Å². The quantitative estimate of drug-likeness (QED) is 0.107. The summed E-state index contributed by atoms with van der Waals surface area (Å²) in [6, 6.07) is 0.0406. The van der Waals surface area contributed by atoms with Crippen LogP contribution in [0.3, 0.4) is 0 Å². The predicted octanol–water partition coefficient (Wildman–Crippen LogP) is -1.18. The highest BCUT2D eigenvalue weighted by Crippen LogP contribution is 2.30. The first-order valence-corrected chi connectivity index (χ1v) is 18.6. The number of carbonyl (C=O) groups is 2. The van der Waals surface area contributed by atoms with Crippen molar-refractivity contribution in [3.05, 3.63) is 66.9 Å². The van der Waals surface area contributed by atoms with E-state index in [0.717, 1.165) is 72.7 Å². The second-order valence-electron chi connectivity index (χ2n) is 13.8. The maximum atomic E-state index is 12.8. The van der Waals surface area contributed by atoms with Gasteiger partial charge in [0, 0.05) is 111 Å². The molecule has 14 nitrogen and oxygen atoms in total. The van der Waals surface area contributed by atoms with E-state index in [1.807, 2.05) is 0 Å². The SMILES string of the molecule is CC1=C2C=c3[nH]c(c(CCC(=O)NCCN)c3C)=Cc3[nH]c(c(C)c3CCC(=O)NCCN)C[C@H]3N[C@@H](CC(=N2)C1=NCCN)C(C)=C3NCCN. The maximum Gasteiger partial charge on any atom is 0.220 e. The highest BCUT2D eigenvalue weighted by atomic mass is 16.2. The lowest BCUT2D eigenvalue weighted by molar-refractivity contribution is -0.121. The summed E-state index contributed by atoms with van der Waals surface area (Å²) in [5, 5.41) is 15.2. The van der Waals surface area contributed by atoms with Gasteiger partial charge >= 0.3 is 0 Å². The summed E-state index contributed by atoms with van der Waals surface area (Å²) >= 11 is 0. The van der Waals surface area contributed by atoms with Gasteiger partial charge < -0.3 is 54.2 Å². The molecule has 2 aromatic rings. The van der Waals surface area contributed by atoms with Crippen LogP contribution >= 0.6 is 0 Å². The molecule has 0 saturated heterocycles. The van der Waals surface area contributed by atoms with Crippen molar-refractivity contribution in [1.29, 1.82) is 0 Å². The van der Waals surface area contributed by atoms with Crippen molar-refractivity contribution in [2.24, 2.45) is 32.9 Å². The molecular weight excluding hydrogens is 656 g/mol. The Bertz CT molecular complexity index is 1890. The van der Waals surface area contributed by atoms with Crippen LogP contribution in [0, 0.1) is 13.8 Å². The molecule has 2 amide bonds. The molecule has 0 spiro atoms. The summed E-state index contributed by atoms with van der Waals surface area (Å²) in [5.74, 6) is -0.0763. The number of H-pyrrole nitrogens is 2. The molecule has 3 aliphatic heterocycles. The summed E-state index contributed by atoms with van der Waals surface area (Å²) in [7, 11) is 0. The number of rotatable bonds is 15. The first-order valence-electron chi connectivity index (χ1n) is 18.6. The Hall–Kier alpha value is -4.34. The Morgan fingerprint density at radius 2 is 1.48 bits per heavy atom. The summed E-state index contributed by atoms with van der Waals surface area (Å²) in [4.78, 5) is 43.1. The average molecular weight is 715 g/mol. The Labute approximate surface area is 306 Å². The third-order valence-corrected chi connectivity index (χ3v) is 10.3. The van der Waals surface area contributed by atoms with Crippen LogP contribution in [0.25, 0.3) is 12.2 Å². The van der Waals surface area contributed by atoms with Gasteiger partial charge in [-0.15, -0.1) is 0 Å². The number of aromatic amines is 2. The molecule has 14 N–H and O–H groups in total. The van der Waals surface area contributed by atoms with Crippen molar-refractivity contribution < 1.29 is 9.59 Å².